The largest absolute Gasteiger partial charge is 0.480 e. The molecule has 0 spiro atoms. The Labute approximate surface area is 101 Å². The van der Waals surface area contributed by atoms with Gasteiger partial charge in [0.15, 0.2) is 5.65 Å². The second kappa shape index (κ2) is 5.11. The molecule has 0 radical (unpaired) electrons. The third kappa shape index (κ3) is 2.71. The summed E-state index contributed by atoms with van der Waals surface area (Å²) in [5.74, 6) is -0.404. The molecule has 0 aliphatic heterocycles. The van der Waals surface area contributed by atoms with Gasteiger partial charge < -0.3 is 15.8 Å². The third-order valence-corrected chi connectivity index (χ3v) is 3.20. The van der Waals surface area contributed by atoms with Crippen molar-refractivity contribution in [2.45, 2.75) is 17.5 Å². The van der Waals surface area contributed by atoms with Gasteiger partial charge in [0.2, 0.25) is 0 Å². The zero-order valence-electron chi connectivity index (χ0n) is 8.83. The van der Waals surface area contributed by atoms with Gasteiger partial charge in [0.1, 0.15) is 22.9 Å². The van der Waals surface area contributed by atoms with Gasteiger partial charge in [-0.3, -0.25) is 4.79 Å². The summed E-state index contributed by atoms with van der Waals surface area (Å²) in [5.41, 5.74) is 6.77. The maximum absolute atomic E-state index is 10.5. The number of hydrogen-bond donors (Lipinski definition) is 3. The summed E-state index contributed by atoms with van der Waals surface area (Å²) in [6.07, 6.45) is 3.37. The Morgan fingerprint density at radius 1 is 1.53 bits per heavy atom. The summed E-state index contributed by atoms with van der Waals surface area (Å²) in [4.78, 5) is 25.6. The van der Waals surface area contributed by atoms with Crippen molar-refractivity contribution < 1.29 is 9.90 Å². The minimum atomic E-state index is -0.986. The molecule has 2 aromatic rings. The summed E-state index contributed by atoms with van der Waals surface area (Å²) in [5, 5.41) is 9.40. The number of aromatic amines is 1. The molecule has 0 amide bonds. The predicted octanol–water partition coefficient (Wildman–Crippen LogP) is 0.247. The first-order valence-corrected chi connectivity index (χ1v) is 5.92. The van der Waals surface area contributed by atoms with Crippen LogP contribution in [0.2, 0.25) is 0 Å². The average Bonchev–Trinajstić information content (AvgIpc) is 2.77. The van der Waals surface area contributed by atoms with E-state index in [4.69, 9.17) is 10.8 Å². The van der Waals surface area contributed by atoms with Gasteiger partial charge in [-0.25, -0.2) is 15.0 Å². The molecule has 2 heterocycles. The Kier molecular flexibility index (Phi) is 3.55. The number of carboxylic acids is 1. The van der Waals surface area contributed by atoms with Crippen LogP contribution in [0.4, 0.5) is 0 Å². The van der Waals surface area contributed by atoms with Crippen LogP contribution in [0.25, 0.3) is 11.2 Å². The van der Waals surface area contributed by atoms with Crippen LogP contribution in [0.1, 0.15) is 6.42 Å². The highest BCUT2D eigenvalue weighted by Crippen LogP contribution is 2.22. The second-order valence-corrected chi connectivity index (χ2v) is 4.45. The molecule has 0 fully saturated rings. The molecule has 0 saturated carbocycles. The normalized spacial score (nSPS) is 12.8. The monoisotopic (exact) mass is 253 g/mol. The zero-order chi connectivity index (χ0) is 12.3. The second-order valence-electron chi connectivity index (χ2n) is 3.36. The van der Waals surface area contributed by atoms with E-state index in [9.17, 15) is 4.79 Å². The fourth-order valence-corrected chi connectivity index (χ4v) is 2.24. The van der Waals surface area contributed by atoms with Gasteiger partial charge in [0, 0.05) is 5.75 Å². The highest BCUT2D eigenvalue weighted by molar-refractivity contribution is 7.99. The number of nitrogens with zero attached hydrogens (tertiary/aromatic N) is 3. The maximum atomic E-state index is 10.5. The van der Waals surface area contributed by atoms with E-state index in [2.05, 4.69) is 19.9 Å². The first-order chi connectivity index (χ1) is 8.18. The molecular formula is C9H11N5O2S. The molecule has 8 heteroatoms. The number of fused-ring (bicyclic) bond motifs is 1. The first kappa shape index (κ1) is 11.8. The minimum Gasteiger partial charge on any atom is -0.480 e. The summed E-state index contributed by atoms with van der Waals surface area (Å²) in [6, 6.07) is -0.832. The Balaban J connectivity index is 1.99. The van der Waals surface area contributed by atoms with Crippen molar-refractivity contribution in [1.82, 2.24) is 19.9 Å². The summed E-state index contributed by atoms with van der Waals surface area (Å²) in [6.45, 7) is 0. The van der Waals surface area contributed by atoms with Gasteiger partial charge in [0.25, 0.3) is 0 Å². The van der Waals surface area contributed by atoms with Gasteiger partial charge in [-0.2, -0.15) is 0 Å². The molecule has 0 unspecified atom stereocenters. The van der Waals surface area contributed by atoms with E-state index < -0.39 is 12.0 Å². The van der Waals surface area contributed by atoms with E-state index in [1.54, 1.807) is 6.33 Å². The van der Waals surface area contributed by atoms with Crippen LogP contribution in [-0.2, 0) is 4.79 Å². The van der Waals surface area contributed by atoms with E-state index in [0.717, 1.165) is 10.5 Å². The van der Waals surface area contributed by atoms with E-state index in [0.29, 0.717) is 17.8 Å². The number of aromatic nitrogens is 4. The summed E-state index contributed by atoms with van der Waals surface area (Å²) < 4.78 is 0. The molecule has 0 bridgehead atoms. The number of imidazole rings is 1. The molecule has 0 saturated heterocycles. The first-order valence-electron chi connectivity index (χ1n) is 4.93. The molecule has 4 N–H and O–H groups in total. The van der Waals surface area contributed by atoms with Gasteiger partial charge in [-0.05, 0) is 6.42 Å². The van der Waals surface area contributed by atoms with E-state index in [1.165, 1.54) is 18.1 Å². The highest BCUT2D eigenvalue weighted by atomic mass is 32.2. The number of rotatable bonds is 5. The maximum Gasteiger partial charge on any atom is 0.320 e. The number of nitrogens with one attached hydrogen (secondary N) is 1. The van der Waals surface area contributed by atoms with Crippen molar-refractivity contribution in [3.05, 3.63) is 12.7 Å². The number of nitrogens with two attached hydrogens (primary N) is 1. The molecule has 0 aliphatic rings. The van der Waals surface area contributed by atoms with Crippen molar-refractivity contribution in [3.63, 3.8) is 0 Å². The predicted molar refractivity (Wildman–Crippen MR) is 62.6 cm³/mol. The Morgan fingerprint density at radius 2 is 2.35 bits per heavy atom. The lowest BCUT2D eigenvalue weighted by Crippen LogP contribution is -2.30. The van der Waals surface area contributed by atoms with Gasteiger partial charge in [-0.15, -0.1) is 11.8 Å². The average molecular weight is 253 g/mol. The molecule has 0 aliphatic carbocycles. The molecule has 1 atom stereocenters. The van der Waals surface area contributed by atoms with Crippen LogP contribution in [0, 0.1) is 0 Å². The zero-order valence-corrected chi connectivity index (χ0v) is 9.65. The number of hydrogen-bond acceptors (Lipinski definition) is 6. The Hall–Kier alpha value is -1.67. The number of carboxylic acid groups (broad SMARTS) is 1. The number of thioether (sulfide) groups is 1. The summed E-state index contributed by atoms with van der Waals surface area (Å²) in [7, 11) is 0. The van der Waals surface area contributed by atoms with Crippen LogP contribution >= 0.6 is 11.8 Å². The molecule has 7 nitrogen and oxygen atoms in total. The van der Waals surface area contributed by atoms with E-state index in [-0.39, 0.29) is 0 Å². The van der Waals surface area contributed by atoms with Crippen molar-refractivity contribution >= 4 is 28.9 Å². The number of aliphatic carboxylic acids is 1. The lowest BCUT2D eigenvalue weighted by Gasteiger charge is -2.05. The Bertz CT molecular complexity index is 529. The molecule has 17 heavy (non-hydrogen) atoms. The Morgan fingerprint density at radius 3 is 3.12 bits per heavy atom. The smallest absolute Gasteiger partial charge is 0.320 e. The van der Waals surface area contributed by atoms with Crippen molar-refractivity contribution in [2.24, 2.45) is 5.73 Å². The van der Waals surface area contributed by atoms with Crippen molar-refractivity contribution in [2.75, 3.05) is 5.75 Å². The fourth-order valence-electron chi connectivity index (χ4n) is 1.26. The van der Waals surface area contributed by atoms with Gasteiger partial charge in [0.05, 0.1) is 6.33 Å². The molecule has 2 rings (SSSR count). The topological polar surface area (TPSA) is 118 Å². The van der Waals surface area contributed by atoms with Gasteiger partial charge in [-0.1, -0.05) is 0 Å². The molecule has 90 valence electrons. The highest BCUT2D eigenvalue weighted by Gasteiger charge is 2.12. The quantitative estimate of drug-likeness (QED) is 0.516. The number of H-pyrrole nitrogens is 1. The summed E-state index contributed by atoms with van der Waals surface area (Å²) >= 11 is 1.43. The molecule has 2 aromatic heterocycles. The van der Waals surface area contributed by atoms with Crippen molar-refractivity contribution in [3.8, 4) is 0 Å². The van der Waals surface area contributed by atoms with Crippen LogP contribution in [0.5, 0.6) is 0 Å². The van der Waals surface area contributed by atoms with Crippen molar-refractivity contribution in [1.29, 1.82) is 0 Å². The molecule has 0 aromatic carbocycles. The van der Waals surface area contributed by atoms with Gasteiger partial charge >= 0.3 is 5.97 Å². The van der Waals surface area contributed by atoms with Crippen LogP contribution in [0.3, 0.4) is 0 Å². The lowest BCUT2D eigenvalue weighted by atomic mass is 10.2. The fraction of sp³-hybridized carbons (Fsp3) is 0.333. The standard InChI is InChI=1S/C9H11N5O2S/c10-5(9(15)16)1-2-17-8-6-7(12-3-11-6)13-4-14-8/h3-5H,1-2,10H2,(H,15,16)(H,11,12,13,14)/t5-/m1/s1. The van der Waals surface area contributed by atoms with Crippen LogP contribution in [0.15, 0.2) is 17.7 Å². The van der Waals surface area contributed by atoms with Crippen LogP contribution in [-0.4, -0.2) is 42.8 Å². The lowest BCUT2D eigenvalue weighted by molar-refractivity contribution is -0.138. The molecular weight excluding hydrogens is 242 g/mol. The van der Waals surface area contributed by atoms with E-state index in [1.807, 2.05) is 0 Å². The minimum absolute atomic E-state index is 0.389. The third-order valence-electron chi connectivity index (χ3n) is 2.17. The number of carbonyl (C=O) groups is 1. The van der Waals surface area contributed by atoms with Crippen LogP contribution < -0.4 is 5.73 Å². The van der Waals surface area contributed by atoms with E-state index >= 15 is 0 Å². The SMILES string of the molecule is N[C@H](CCSc1ncnc2nc[nH]c12)C(=O)O.